The summed E-state index contributed by atoms with van der Waals surface area (Å²) in [5.41, 5.74) is 3.03. The summed E-state index contributed by atoms with van der Waals surface area (Å²) in [7, 11) is 0. The van der Waals surface area contributed by atoms with Gasteiger partial charge in [0.15, 0.2) is 11.5 Å². The first-order chi connectivity index (χ1) is 21.3. The van der Waals surface area contributed by atoms with Crippen LogP contribution in [0.1, 0.15) is 12.8 Å². The number of hydrogen-bond donors (Lipinski definition) is 3. The van der Waals surface area contributed by atoms with Crippen LogP contribution >= 0.6 is 12.4 Å². The van der Waals surface area contributed by atoms with Crippen molar-refractivity contribution in [3.63, 3.8) is 0 Å². The minimum Gasteiger partial charge on any atom is -0.371 e. The average Bonchev–Trinajstić information content (AvgIpc) is 3.58. The van der Waals surface area contributed by atoms with E-state index >= 15 is 0 Å². The molecule has 2 bridgehead atoms. The van der Waals surface area contributed by atoms with E-state index in [-0.39, 0.29) is 36.1 Å². The van der Waals surface area contributed by atoms with Crippen LogP contribution in [0, 0.1) is 0 Å². The first-order valence-electron chi connectivity index (χ1n) is 14.7. The van der Waals surface area contributed by atoms with Crippen LogP contribution in [0.15, 0.2) is 54.7 Å². The summed E-state index contributed by atoms with van der Waals surface area (Å²) < 4.78 is 46.9. The number of amides is 2. The molecule has 238 valence electrons. The van der Waals surface area contributed by atoms with Gasteiger partial charge in [0.25, 0.3) is 0 Å². The lowest BCUT2D eigenvalue weighted by molar-refractivity contribution is -0.141. The number of anilines is 4. The largest absolute Gasteiger partial charge is 0.408 e. The summed E-state index contributed by atoms with van der Waals surface area (Å²) >= 11 is 0. The Balaban J connectivity index is 0.00000357. The van der Waals surface area contributed by atoms with Gasteiger partial charge in [0.2, 0.25) is 0 Å². The highest BCUT2D eigenvalue weighted by Crippen LogP contribution is 2.34. The fraction of sp³-hybridized carbons (Fsp3) is 0.400. The first kappa shape index (κ1) is 30.9. The number of nitrogens with zero attached hydrogens (tertiary/aromatic N) is 6. The lowest BCUT2D eigenvalue weighted by atomic mass is 10.2. The smallest absolute Gasteiger partial charge is 0.371 e. The number of urea groups is 1. The number of alkyl halides is 3. The molecule has 15 heteroatoms. The van der Waals surface area contributed by atoms with Crippen LogP contribution in [0.4, 0.5) is 40.8 Å². The van der Waals surface area contributed by atoms with Gasteiger partial charge in [0.1, 0.15) is 12.4 Å². The summed E-state index contributed by atoms with van der Waals surface area (Å²) in [5, 5.41) is 13.5. The second-order valence-electron chi connectivity index (χ2n) is 11.3. The number of halogens is 4. The van der Waals surface area contributed by atoms with Crippen molar-refractivity contribution in [1.82, 2.24) is 25.1 Å². The van der Waals surface area contributed by atoms with E-state index in [1.165, 1.54) is 6.20 Å². The van der Waals surface area contributed by atoms with Gasteiger partial charge in [0.05, 0.1) is 23.8 Å². The Bertz CT molecular complexity index is 1630. The van der Waals surface area contributed by atoms with Crippen LogP contribution in [-0.2, 0) is 11.3 Å². The molecule has 0 radical (unpaired) electrons. The molecule has 3 N–H and O–H groups in total. The molecule has 3 aliphatic heterocycles. The number of hydrogen-bond acceptors (Lipinski definition) is 8. The number of aromatic nitrogens is 4. The molecule has 5 heterocycles. The van der Waals surface area contributed by atoms with Crippen molar-refractivity contribution in [3.05, 3.63) is 54.7 Å². The summed E-state index contributed by atoms with van der Waals surface area (Å²) in [6.07, 6.45) is -1.03. The highest BCUT2D eigenvalue weighted by molar-refractivity contribution is 6.00. The third-order valence-corrected chi connectivity index (χ3v) is 8.16. The van der Waals surface area contributed by atoms with Crippen LogP contribution in [-0.4, -0.2) is 83.4 Å². The molecule has 3 aliphatic rings. The number of carbonyl (C=O) groups excluding carboxylic acids is 1. The van der Waals surface area contributed by atoms with Crippen molar-refractivity contribution in [3.8, 4) is 11.4 Å². The number of carbonyl (C=O) groups is 1. The second kappa shape index (κ2) is 12.7. The molecule has 3 fully saturated rings. The normalized spacial score (nSPS) is 19.8. The topological polar surface area (TPSA) is 112 Å². The summed E-state index contributed by atoms with van der Waals surface area (Å²) in [4.78, 5) is 26.4. The van der Waals surface area contributed by atoms with Crippen molar-refractivity contribution in [1.29, 1.82) is 0 Å². The highest BCUT2D eigenvalue weighted by atomic mass is 35.5. The predicted octanol–water partition coefficient (Wildman–Crippen LogP) is 4.90. The van der Waals surface area contributed by atoms with Gasteiger partial charge in [0, 0.05) is 61.9 Å². The third-order valence-electron chi connectivity index (χ3n) is 8.16. The van der Waals surface area contributed by atoms with E-state index in [2.05, 4.69) is 35.8 Å². The monoisotopic (exact) mass is 643 g/mol. The summed E-state index contributed by atoms with van der Waals surface area (Å²) in [6.45, 7) is 3.72. The number of rotatable bonds is 6. The minimum absolute atomic E-state index is 0. The van der Waals surface area contributed by atoms with E-state index in [0.29, 0.717) is 41.2 Å². The fourth-order valence-corrected chi connectivity index (χ4v) is 6.06. The zero-order chi connectivity index (χ0) is 30.3. The van der Waals surface area contributed by atoms with E-state index in [9.17, 15) is 18.0 Å². The Morgan fingerprint density at radius 1 is 0.911 bits per heavy atom. The molecule has 4 aromatic rings. The van der Waals surface area contributed by atoms with Gasteiger partial charge in [-0.25, -0.2) is 19.4 Å². The van der Waals surface area contributed by atoms with Crippen molar-refractivity contribution < 1.29 is 22.7 Å². The van der Waals surface area contributed by atoms with Gasteiger partial charge in [-0.15, -0.1) is 12.4 Å². The maximum absolute atomic E-state index is 13.3. The Kier molecular flexibility index (Phi) is 8.71. The van der Waals surface area contributed by atoms with Crippen molar-refractivity contribution >= 4 is 52.4 Å². The van der Waals surface area contributed by atoms with Gasteiger partial charge in [-0.05, 0) is 61.4 Å². The number of morpholine rings is 1. The molecule has 7 rings (SSSR count). The molecule has 2 aromatic heterocycles. The molecule has 2 unspecified atom stereocenters. The maximum atomic E-state index is 13.3. The zero-order valence-electron chi connectivity index (χ0n) is 24.3. The molecule has 11 nitrogen and oxygen atoms in total. The van der Waals surface area contributed by atoms with Gasteiger partial charge in [-0.1, -0.05) is 0 Å². The Morgan fingerprint density at radius 3 is 2.16 bits per heavy atom. The molecule has 2 amide bonds. The van der Waals surface area contributed by atoms with Crippen molar-refractivity contribution in [2.75, 3.05) is 59.7 Å². The van der Waals surface area contributed by atoms with E-state index in [0.717, 1.165) is 49.4 Å². The summed E-state index contributed by atoms with van der Waals surface area (Å²) in [6, 6.07) is 14.2. The van der Waals surface area contributed by atoms with Crippen molar-refractivity contribution in [2.24, 2.45) is 0 Å². The Labute approximate surface area is 263 Å². The van der Waals surface area contributed by atoms with Crippen LogP contribution < -0.4 is 25.8 Å². The molecule has 3 saturated heterocycles. The first-order valence-corrected chi connectivity index (χ1v) is 14.7. The molecule has 45 heavy (non-hydrogen) atoms. The highest BCUT2D eigenvalue weighted by Gasteiger charge is 2.36. The second-order valence-corrected chi connectivity index (χ2v) is 11.3. The third kappa shape index (κ3) is 6.92. The van der Waals surface area contributed by atoms with E-state index in [4.69, 9.17) is 9.72 Å². The maximum Gasteiger partial charge on any atom is 0.408 e. The number of fused-ring (bicyclic) bond motifs is 3. The fourth-order valence-electron chi connectivity index (χ4n) is 6.06. The van der Waals surface area contributed by atoms with Gasteiger partial charge in [-0.3, -0.25) is 0 Å². The molecule has 2 aromatic carbocycles. The molecule has 2 atom stereocenters. The van der Waals surface area contributed by atoms with Crippen LogP contribution in [0.3, 0.4) is 0 Å². The summed E-state index contributed by atoms with van der Waals surface area (Å²) in [5.74, 6) is 0.819. The van der Waals surface area contributed by atoms with Crippen LogP contribution in [0.5, 0.6) is 0 Å². The zero-order valence-corrected chi connectivity index (χ0v) is 25.1. The number of ether oxygens (including phenoxy) is 1. The average molecular weight is 644 g/mol. The van der Waals surface area contributed by atoms with Crippen molar-refractivity contribution in [2.45, 2.75) is 37.8 Å². The Hall–Kier alpha value is -4.14. The minimum atomic E-state index is -4.46. The molecule has 0 aliphatic carbocycles. The SMILES string of the molecule is Cl.O=C(Nc1ccc(-c2nc(N3CC4CCC(C3)O4)c3cnn(CC(F)(F)F)c3n2)cc1)Nc1ccc(N2CCNCC2)cc1. The van der Waals surface area contributed by atoms with Crippen LogP contribution in [0.25, 0.3) is 22.4 Å². The molecular formula is C30H33ClF3N9O2. The standard InChI is InChI=1S/C30H32F3N9O2.ClH/c31-30(32,33)18-42-28-25(15-35-42)27(41-16-23-9-10-24(17-41)44-23)38-26(39-28)19-1-3-20(4-2-19)36-29(43)37-21-5-7-22(8-6-21)40-13-11-34-12-14-40;/h1-8,15,23-24,34H,9-14,16-18H2,(H2,36,37,43);1H. The van der Waals surface area contributed by atoms with Gasteiger partial charge >= 0.3 is 12.2 Å². The predicted molar refractivity (Wildman–Crippen MR) is 168 cm³/mol. The van der Waals surface area contributed by atoms with E-state index in [1.54, 1.807) is 24.3 Å². The number of piperazine rings is 1. The van der Waals surface area contributed by atoms with E-state index < -0.39 is 18.8 Å². The molecule has 0 saturated carbocycles. The van der Waals surface area contributed by atoms with Crippen LogP contribution in [0.2, 0.25) is 0 Å². The van der Waals surface area contributed by atoms with Gasteiger partial charge in [-0.2, -0.15) is 18.3 Å². The molecular weight excluding hydrogens is 611 g/mol. The number of benzene rings is 2. The Morgan fingerprint density at radius 2 is 1.53 bits per heavy atom. The lowest BCUT2D eigenvalue weighted by Gasteiger charge is -2.33. The van der Waals surface area contributed by atoms with Gasteiger partial charge < -0.3 is 30.5 Å². The quantitative estimate of drug-likeness (QED) is 0.272. The molecule has 0 spiro atoms. The van der Waals surface area contributed by atoms with E-state index in [1.807, 2.05) is 24.3 Å². The number of nitrogens with one attached hydrogen (secondary N) is 3. The lowest BCUT2D eigenvalue weighted by Crippen LogP contribution is -2.43.